The van der Waals surface area contributed by atoms with Crippen LogP contribution in [-0.2, 0) is 4.79 Å². The van der Waals surface area contributed by atoms with Crippen molar-refractivity contribution in [3.8, 4) is 0 Å². The summed E-state index contributed by atoms with van der Waals surface area (Å²) in [6.45, 7) is -0.319. The lowest BCUT2D eigenvalue weighted by Gasteiger charge is -2.10. The molecule has 1 amide bonds. The molecule has 0 saturated heterocycles. The maximum absolute atomic E-state index is 13.4. The average molecular weight is 331 g/mol. The molecule has 2 aromatic rings. The summed E-state index contributed by atoms with van der Waals surface area (Å²) in [5.74, 6) is -2.06. The molecule has 0 aliphatic rings. The SMILES string of the molecule is O=C(CNc1c(F)cccc1F)Nc1cc(Cl)ccc1Cl. The zero-order valence-electron chi connectivity index (χ0n) is 10.6. The van der Waals surface area contributed by atoms with Crippen molar-refractivity contribution in [2.45, 2.75) is 0 Å². The first-order valence-electron chi connectivity index (χ1n) is 5.90. The average Bonchev–Trinajstić information content (AvgIpc) is 2.42. The Morgan fingerprint density at radius 2 is 1.76 bits per heavy atom. The highest BCUT2D eigenvalue weighted by atomic mass is 35.5. The maximum Gasteiger partial charge on any atom is 0.243 e. The fourth-order valence-corrected chi connectivity index (χ4v) is 1.96. The summed E-state index contributed by atoms with van der Waals surface area (Å²) in [4.78, 5) is 11.8. The van der Waals surface area contributed by atoms with Gasteiger partial charge < -0.3 is 10.6 Å². The second-order valence-electron chi connectivity index (χ2n) is 4.12. The van der Waals surface area contributed by atoms with Gasteiger partial charge in [-0.25, -0.2) is 8.78 Å². The van der Waals surface area contributed by atoms with Crippen LogP contribution in [0, 0.1) is 11.6 Å². The van der Waals surface area contributed by atoms with Crippen LogP contribution < -0.4 is 10.6 Å². The molecule has 0 aliphatic heterocycles. The number of amides is 1. The van der Waals surface area contributed by atoms with Gasteiger partial charge in [-0.05, 0) is 30.3 Å². The molecule has 0 fully saturated rings. The van der Waals surface area contributed by atoms with Gasteiger partial charge in [0.2, 0.25) is 5.91 Å². The largest absolute Gasteiger partial charge is 0.371 e. The molecular weight excluding hydrogens is 321 g/mol. The van der Waals surface area contributed by atoms with Crippen molar-refractivity contribution in [1.29, 1.82) is 0 Å². The molecule has 2 rings (SSSR count). The third-order valence-electron chi connectivity index (χ3n) is 2.59. The Kier molecular flexibility index (Phi) is 4.98. The van der Waals surface area contributed by atoms with Crippen LogP contribution in [0.25, 0.3) is 0 Å². The highest BCUT2D eigenvalue weighted by molar-refractivity contribution is 6.35. The Labute approximate surface area is 129 Å². The van der Waals surface area contributed by atoms with E-state index in [1.165, 1.54) is 18.2 Å². The highest BCUT2D eigenvalue weighted by Gasteiger charge is 2.11. The number of anilines is 2. The van der Waals surface area contributed by atoms with Crippen LogP contribution >= 0.6 is 23.2 Å². The monoisotopic (exact) mass is 330 g/mol. The molecule has 2 aromatic carbocycles. The van der Waals surface area contributed by atoms with Crippen LogP contribution in [0.2, 0.25) is 10.0 Å². The Bertz CT molecular complexity index is 660. The number of hydrogen-bond donors (Lipinski definition) is 2. The van der Waals surface area contributed by atoms with Gasteiger partial charge in [-0.2, -0.15) is 0 Å². The summed E-state index contributed by atoms with van der Waals surface area (Å²) in [7, 11) is 0. The topological polar surface area (TPSA) is 41.1 Å². The zero-order chi connectivity index (χ0) is 15.4. The number of benzene rings is 2. The van der Waals surface area contributed by atoms with Gasteiger partial charge in [-0.1, -0.05) is 29.3 Å². The van der Waals surface area contributed by atoms with Gasteiger partial charge in [0.15, 0.2) is 0 Å². The Balaban J connectivity index is 2.01. The minimum Gasteiger partial charge on any atom is -0.371 e. The van der Waals surface area contributed by atoms with Gasteiger partial charge in [0.25, 0.3) is 0 Å². The minimum atomic E-state index is -0.774. The van der Waals surface area contributed by atoms with Gasteiger partial charge in [0, 0.05) is 5.02 Å². The quantitative estimate of drug-likeness (QED) is 0.876. The van der Waals surface area contributed by atoms with Gasteiger partial charge >= 0.3 is 0 Å². The number of halogens is 4. The summed E-state index contributed by atoms with van der Waals surface area (Å²) >= 11 is 11.7. The first-order valence-corrected chi connectivity index (χ1v) is 6.66. The number of carbonyl (C=O) groups excluding carboxylic acids is 1. The number of hydrogen-bond acceptors (Lipinski definition) is 2. The second-order valence-corrected chi connectivity index (χ2v) is 4.97. The number of nitrogens with one attached hydrogen (secondary N) is 2. The Morgan fingerprint density at radius 3 is 2.43 bits per heavy atom. The van der Waals surface area contributed by atoms with Crippen LogP contribution in [0.5, 0.6) is 0 Å². The fourth-order valence-electron chi connectivity index (χ4n) is 1.62. The predicted molar refractivity (Wildman–Crippen MR) is 79.9 cm³/mol. The van der Waals surface area contributed by atoms with E-state index < -0.39 is 17.5 Å². The molecule has 0 saturated carbocycles. The van der Waals surface area contributed by atoms with Crippen LogP contribution in [0.1, 0.15) is 0 Å². The van der Waals surface area contributed by atoms with Crippen LogP contribution in [0.4, 0.5) is 20.2 Å². The fraction of sp³-hybridized carbons (Fsp3) is 0.0714. The summed E-state index contributed by atoms with van der Waals surface area (Å²) in [5, 5.41) is 5.61. The molecule has 3 nitrogen and oxygen atoms in total. The summed E-state index contributed by atoms with van der Waals surface area (Å²) in [6.07, 6.45) is 0. The predicted octanol–water partition coefficient (Wildman–Crippen LogP) is 4.32. The standard InChI is InChI=1S/C14H10Cl2F2N2O/c15-8-4-5-9(16)12(6-8)20-13(21)7-19-14-10(17)2-1-3-11(14)18/h1-6,19H,7H2,(H,20,21). The maximum atomic E-state index is 13.4. The molecule has 0 aliphatic carbocycles. The lowest BCUT2D eigenvalue weighted by molar-refractivity contribution is -0.114. The van der Waals surface area contributed by atoms with Crippen molar-refractivity contribution < 1.29 is 13.6 Å². The third kappa shape index (κ3) is 4.06. The zero-order valence-corrected chi connectivity index (χ0v) is 12.1. The molecule has 0 radical (unpaired) electrons. The van der Waals surface area contributed by atoms with E-state index in [4.69, 9.17) is 23.2 Å². The molecule has 7 heteroatoms. The molecular formula is C14H10Cl2F2N2O. The second kappa shape index (κ2) is 6.74. The third-order valence-corrected chi connectivity index (χ3v) is 3.16. The number of carbonyl (C=O) groups is 1. The van der Waals surface area contributed by atoms with Crippen molar-refractivity contribution in [2.75, 3.05) is 17.2 Å². The van der Waals surface area contributed by atoms with Crippen LogP contribution in [0.3, 0.4) is 0 Å². The Hall–Kier alpha value is -1.85. The van der Waals surface area contributed by atoms with Gasteiger partial charge in [0.1, 0.15) is 17.3 Å². The normalized spacial score (nSPS) is 10.3. The molecule has 0 heterocycles. The van der Waals surface area contributed by atoms with Crippen molar-refractivity contribution in [3.63, 3.8) is 0 Å². The van der Waals surface area contributed by atoms with Crippen LogP contribution in [-0.4, -0.2) is 12.5 Å². The summed E-state index contributed by atoms with van der Waals surface area (Å²) in [5.41, 5.74) is -0.0326. The van der Waals surface area contributed by atoms with Crippen molar-refractivity contribution in [2.24, 2.45) is 0 Å². The van der Waals surface area contributed by atoms with E-state index in [1.807, 2.05) is 0 Å². The molecule has 0 unspecified atom stereocenters. The van der Waals surface area contributed by atoms with E-state index >= 15 is 0 Å². The van der Waals surface area contributed by atoms with Crippen molar-refractivity contribution >= 4 is 40.5 Å². The van der Waals surface area contributed by atoms with E-state index in [-0.39, 0.29) is 12.2 Å². The molecule has 21 heavy (non-hydrogen) atoms. The van der Waals surface area contributed by atoms with Crippen molar-refractivity contribution in [3.05, 3.63) is 58.1 Å². The van der Waals surface area contributed by atoms with Gasteiger partial charge in [-0.15, -0.1) is 0 Å². The first-order chi connectivity index (χ1) is 9.97. The molecule has 0 spiro atoms. The van der Waals surface area contributed by atoms with Gasteiger partial charge in [-0.3, -0.25) is 4.79 Å². The summed E-state index contributed by atoms with van der Waals surface area (Å²) < 4.78 is 26.7. The van der Waals surface area contributed by atoms with Crippen LogP contribution in [0.15, 0.2) is 36.4 Å². The van der Waals surface area contributed by atoms with E-state index in [1.54, 1.807) is 6.07 Å². The molecule has 0 bridgehead atoms. The van der Waals surface area contributed by atoms with E-state index in [9.17, 15) is 13.6 Å². The van der Waals surface area contributed by atoms with Crippen molar-refractivity contribution in [1.82, 2.24) is 0 Å². The number of rotatable bonds is 4. The molecule has 2 N–H and O–H groups in total. The lowest BCUT2D eigenvalue weighted by Crippen LogP contribution is -2.22. The smallest absolute Gasteiger partial charge is 0.243 e. The van der Waals surface area contributed by atoms with Gasteiger partial charge in [0.05, 0.1) is 17.3 Å². The van der Waals surface area contributed by atoms with E-state index in [2.05, 4.69) is 10.6 Å². The lowest BCUT2D eigenvalue weighted by atomic mass is 10.3. The molecule has 0 atom stereocenters. The summed E-state index contributed by atoms with van der Waals surface area (Å²) in [6, 6.07) is 8.01. The van der Waals surface area contributed by atoms with E-state index in [0.717, 1.165) is 12.1 Å². The number of para-hydroxylation sites is 1. The van der Waals surface area contributed by atoms with E-state index in [0.29, 0.717) is 15.7 Å². The molecule has 0 aromatic heterocycles. The first kappa shape index (κ1) is 15.5. The highest BCUT2D eigenvalue weighted by Crippen LogP contribution is 2.25. The minimum absolute atomic E-state index is 0.310. The molecule has 110 valence electrons. The Morgan fingerprint density at radius 1 is 1.10 bits per heavy atom.